The number of carbonyl (C=O) groups excluding carboxylic acids is 1. The van der Waals surface area contributed by atoms with Gasteiger partial charge in [0.15, 0.2) is 23.9 Å². The van der Waals surface area contributed by atoms with Gasteiger partial charge in [0, 0.05) is 0 Å². The van der Waals surface area contributed by atoms with Crippen molar-refractivity contribution in [2.75, 3.05) is 18.9 Å². The quantitative estimate of drug-likeness (QED) is 0.121. The summed E-state index contributed by atoms with van der Waals surface area (Å²) in [6.07, 6.45) is -8.03. The Labute approximate surface area is 217 Å². The molecule has 2 aliphatic rings. The Kier molecular flexibility index (Phi) is 7.33. The summed E-state index contributed by atoms with van der Waals surface area (Å²) < 4.78 is 36.1. The zero-order valence-corrected chi connectivity index (χ0v) is 20.6. The number of phosphoric ester groups is 1. The maximum atomic E-state index is 12.7. The first kappa shape index (κ1) is 27.4. The van der Waals surface area contributed by atoms with E-state index in [1.165, 1.54) is 17.2 Å². The van der Waals surface area contributed by atoms with Gasteiger partial charge in [0.2, 0.25) is 5.82 Å². The second-order valence-electron chi connectivity index (χ2n) is 8.61. The van der Waals surface area contributed by atoms with E-state index < -0.39 is 76.0 Å². The Hall–Kier alpha value is -3.17. The van der Waals surface area contributed by atoms with Crippen molar-refractivity contribution in [2.24, 2.45) is 5.73 Å². The normalized spacial score (nSPS) is 32.5. The molecular formula is C18H24N9O11P. The number of hydrogen-bond acceptors (Lipinski definition) is 16. The van der Waals surface area contributed by atoms with Crippen LogP contribution in [-0.4, -0.2) is 115 Å². The summed E-state index contributed by atoms with van der Waals surface area (Å²) in [6, 6.07) is 0. The van der Waals surface area contributed by atoms with Crippen molar-refractivity contribution in [1.29, 1.82) is 0 Å². The number of imidazole rings is 1. The van der Waals surface area contributed by atoms with Gasteiger partial charge in [-0.3, -0.25) is 18.4 Å². The Morgan fingerprint density at radius 2 is 1.79 bits per heavy atom. The molecule has 5 rings (SSSR count). The number of nitrogens with zero attached hydrogens (tertiary/aromatic N) is 7. The van der Waals surface area contributed by atoms with E-state index >= 15 is 0 Å². The molecule has 212 valence electrons. The van der Waals surface area contributed by atoms with Gasteiger partial charge >= 0.3 is 7.82 Å². The van der Waals surface area contributed by atoms with Crippen LogP contribution in [0.25, 0.3) is 11.2 Å². The standard InChI is InChI=1S/C18H24N9O11P/c19-13-8-16(22-3-21-13)26(4-23-8)17-11(31)12(6(1-28)36-17)38-39(33,34)35-2-7-9(29)10(30)18(37-7)27-5-24-15(25-27)14(20)32/h3-7,9-12,17-18,28-31H,1-2H2,(H2,20,32)(H,33,34)(H2,19,21,22)/t6-,7-,9-,10-,11-,12-,17-,18-/m1/s1. The first-order chi connectivity index (χ1) is 18.5. The van der Waals surface area contributed by atoms with Crippen molar-refractivity contribution in [3.8, 4) is 0 Å². The first-order valence-corrected chi connectivity index (χ1v) is 12.8. The lowest BCUT2D eigenvalue weighted by Gasteiger charge is -2.23. The van der Waals surface area contributed by atoms with E-state index in [0.29, 0.717) is 0 Å². The number of carbonyl (C=O) groups is 1. The number of amides is 1. The highest BCUT2D eigenvalue weighted by atomic mass is 31.2. The minimum atomic E-state index is -4.98. The fourth-order valence-electron chi connectivity index (χ4n) is 4.23. The number of fused-ring (bicyclic) bond motifs is 1. The van der Waals surface area contributed by atoms with Crippen LogP contribution in [0.5, 0.6) is 0 Å². The molecule has 5 heterocycles. The minimum Gasteiger partial charge on any atom is -0.394 e. The number of aromatic nitrogens is 7. The predicted octanol–water partition coefficient (Wildman–Crippen LogP) is -3.83. The monoisotopic (exact) mass is 573 g/mol. The lowest BCUT2D eigenvalue weighted by atomic mass is 10.1. The van der Waals surface area contributed by atoms with Gasteiger partial charge in [0.1, 0.15) is 54.8 Å². The molecule has 2 aliphatic heterocycles. The smallest absolute Gasteiger partial charge is 0.394 e. The topological polar surface area (TPSA) is 299 Å². The number of aliphatic hydroxyl groups excluding tert-OH is 4. The van der Waals surface area contributed by atoms with Gasteiger partial charge < -0.3 is 46.3 Å². The number of anilines is 1. The van der Waals surface area contributed by atoms with Crippen molar-refractivity contribution >= 4 is 30.7 Å². The fourth-order valence-corrected chi connectivity index (χ4v) is 5.19. The highest BCUT2D eigenvalue weighted by Crippen LogP contribution is 2.49. The molecule has 21 heteroatoms. The van der Waals surface area contributed by atoms with Crippen LogP contribution in [0.3, 0.4) is 0 Å². The van der Waals surface area contributed by atoms with Gasteiger partial charge in [0.05, 0.1) is 19.5 Å². The number of primary amides is 1. The third-order valence-corrected chi connectivity index (χ3v) is 7.12. The van der Waals surface area contributed by atoms with Crippen LogP contribution in [0.4, 0.5) is 5.82 Å². The lowest BCUT2D eigenvalue weighted by Crippen LogP contribution is -2.36. The molecule has 39 heavy (non-hydrogen) atoms. The number of ether oxygens (including phenoxy) is 2. The van der Waals surface area contributed by atoms with Crippen LogP contribution in [0.2, 0.25) is 0 Å². The molecular weight excluding hydrogens is 549 g/mol. The molecule has 20 nitrogen and oxygen atoms in total. The van der Waals surface area contributed by atoms with Crippen LogP contribution in [-0.2, 0) is 23.1 Å². The summed E-state index contributed by atoms with van der Waals surface area (Å²) in [5.41, 5.74) is 11.3. The Bertz CT molecular complexity index is 1400. The zero-order chi connectivity index (χ0) is 28.1. The summed E-state index contributed by atoms with van der Waals surface area (Å²) >= 11 is 0. The third-order valence-electron chi connectivity index (χ3n) is 6.13. The summed E-state index contributed by atoms with van der Waals surface area (Å²) in [5, 5.41) is 45.0. The van der Waals surface area contributed by atoms with Crippen molar-refractivity contribution in [1.82, 2.24) is 34.3 Å². The van der Waals surface area contributed by atoms with Crippen molar-refractivity contribution < 1.29 is 53.2 Å². The van der Waals surface area contributed by atoms with Crippen LogP contribution < -0.4 is 11.5 Å². The first-order valence-electron chi connectivity index (χ1n) is 11.3. The average molecular weight is 573 g/mol. The predicted molar refractivity (Wildman–Crippen MR) is 122 cm³/mol. The second-order valence-corrected chi connectivity index (χ2v) is 10.0. The lowest BCUT2D eigenvalue weighted by molar-refractivity contribution is -0.0637. The number of nitrogens with two attached hydrogens (primary N) is 2. The zero-order valence-electron chi connectivity index (χ0n) is 19.7. The molecule has 9 N–H and O–H groups in total. The highest BCUT2D eigenvalue weighted by molar-refractivity contribution is 7.47. The van der Waals surface area contributed by atoms with E-state index in [-0.39, 0.29) is 22.8 Å². The van der Waals surface area contributed by atoms with Gasteiger partial charge in [-0.05, 0) is 0 Å². The summed E-state index contributed by atoms with van der Waals surface area (Å²) in [5.74, 6) is -1.21. The third kappa shape index (κ3) is 5.10. The summed E-state index contributed by atoms with van der Waals surface area (Å²) in [7, 11) is -4.98. The Morgan fingerprint density at radius 1 is 1.05 bits per heavy atom. The maximum Gasteiger partial charge on any atom is 0.472 e. The van der Waals surface area contributed by atoms with Crippen molar-refractivity contribution in [3.05, 3.63) is 24.8 Å². The highest BCUT2D eigenvalue weighted by Gasteiger charge is 2.50. The van der Waals surface area contributed by atoms with Gasteiger partial charge in [0.25, 0.3) is 5.91 Å². The number of phosphoric acid groups is 1. The molecule has 2 saturated heterocycles. The molecule has 1 unspecified atom stereocenters. The Morgan fingerprint density at radius 3 is 2.49 bits per heavy atom. The minimum absolute atomic E-state index is 0.0757. The van der Waals surface area contributed by atoms with Crippen LogP contribution in [0.15, 0.2) is 19.0 Å². The van der Waals surface area contributed by atoms with Crippen LogP contribution >= 0.6 is 7.82 Å². The number of aliphatic hydroxyl groups is 4. The van der Waals surface area contributed by atoms with E-state index in [1.54, 1.807) is 0 Å². The van der Waals surface area contributed by atoms with Gasteiger partial charge in [-0.2, -0.15) is 0 Å². The van der Waals surface area contributed by atoms with E-state index in [4.69, 9.17) is 30.0 Å². The maximum absolute atomic E-state index is 12.7. The molecule has 0 bridgehead atoms. The SMILES string of the molecule is NC(=O)c1ncn([C@@H]2O[C@H](COP(=O)(O)O[C@H]3[C@@H](O)[C@H](n4cnc5c(N)ncnc54)O[C@@H]3CO)[C@@H](O)[C@H]2O)n1. The van der Waals surface area contributed by atoms with E-state index in [9.17, 15) is 34.7 Å². The van der Waals surface area contributed by atoms with Gasteiger partial charge in [-0.15, -0.1) is 5.10 Å². The Balaban J connectivity index is 1.25. The van der Waals surface area contributed by atoms with Crippen molar-refractivity contribution in [2.45, 2.75) is 49.1 Å². The molecule has 0 spiro atoms. The largest absolute Gasteiger partial charge is 0.472 e. The average Bonchev–Trinajstić information content (AvgIpc) is 3.66. The van der Waals surface area contributed by atoms with Crippen LogP contribution in [0, 0.1) is 0 Å². The van der Waals surface area contributed by atoms with E-state index in [2.05, 4.69) is 25.0 Å². The fraction of sp³-hybridized carbons (Fsp3) is 0.556. The van der Waals surface area contributed by atoms with Gasteiger partial charge in [-0.25, -0.2) is 29.2 Å². The van der Waals surface area contributed by atoms with E-state index in [1.807, 2.05) is 0 Å². The molecule has 0 aliphatic carbocycles. The molecule has 0 aromatic carbocycles. The number of hydrogen-bond donors (Lipinski definition) is 7. The van der Waals surface area contributed by atoms with E-state index in [0.717, 1.165) is 11.0 Å². The molecule has 0 saturated carbocycles. The number of rotatable bonds is 9. The molecule has 0 radical (unpaired) electrons. The number of nitrogen functional groups attached to an aromatic ring is 1. The second kappa shape index (κ2) is 10.4. The molecule has 2 fully saturated rings. The molecule has 3 aromatic rings. The summed E-state index contributed by atoms with van der Waals surface area (Å²) in [4.78, 5) is 37.1. The van der Waals surface area contributed by atoms with Crippen molar-refractivity contribution in [3.63, 3.8) is 0 Å². The molecule has 9 atom stereocenters. The summed E-state index contributed by atoms with van der Waals surface area (Å²) in [6.45, 7) is -1.45. The molecule has 3 aromatic heterocycles. The van der Waals surface area contributed by atoms with Crippen LogP contribution in [0.1, 0.15) is 23.1 Å². The molecule has 1 amide bonds. The van der Waals surface area contributed by atoms with Gasteiger partial charge in [-0.1, -0.05) is 0 Å².